The van der Waals surface area contributed by atoms with Gasteiger partial charge in [-0.1, -0.05) is 6.92 Å². The molecule has 118 valence electrons. The normalized spacial score (nSPS) is 13.5. The fourth-order valence-corrected chi connectivity index (χ4v) is 2.29. The molecule has 0 aliphatic heterocycles. The molecule has 0 saturated carbocycles. The molecule has 0 aliphatic rings. The molecule has 1 atom stereocenters. The van der Waals surface area contributed by atoms with E-state index in [0.717, 1.165) is 5.69 Å². The Labute approximate surface area is 130 Å². The number of rotatable bonds is 9. The van der Waals surface area contributed by atoms with Crippen LogP contribution in [0.4, 0.5) is 5.69 Å². The van der Waals surface area contributed by atoms with Gasteiger partial charge in [0.1, 0.15) is 0 Å². The number of hydrogen-bond acceptors (Lipinski definition) is 6. The number of aromatic nitrogens is 2. The zero-order chi connectivity index (χ0) is 15.7. The van der Waals surface area contributed by atoms with Gasteiger partial charge in [-0.05, 0) is 30.9 Å². The second-order valence-corrected chi connectivity index (χ2v) is 5.12. The van der Waals surface area contributed by atoms with Gasteiger partial charge >= 0.3 is 5.97 Å². The maximum atomic E-state index is 12.1. The van der Waals surface area contributed by atoms with E-state index in [-0.39, 0.29) is 11.3 Å². The zero-order valence-corrected chi connectivity index (χ0v) is 13.4. The van der Waals surface area contributed by atoms with Gasteiger partial charge in [0.05, 0.1) is 30.6 Å². The molecule has 0 bridgehead atoms. The van der Waals surface area contributed by atoms with Crippen molar-refractivity contribution in [3.63, 3.8) is 0 Å². The van der Waals surface area contributed by atoms with E-state index >= 15 is 0 Å². The Morgan fingerprint density at radius 3 is 2.52 bits per heavy atom. The highest BCUT2D eigenvalue weighted by molar-refractivity contribution is 6.28. The van der Waals surface area contributed by atoms with Crippen molar-refractivity contribution in [1.82, 2.24) is 9.97 Å². The third-order valence-corrected chi connectivity index (χ3v) is 3.83. The van der Waals surface area contributed by atoms with E-state index in [4.69, 9.17) is 21.1 Å². The molecule has 1 aromatic heterocycles. The molecule has 1 N–H and O–H groups in total. The van der Waals surface area contributed by atoms with Gasteiger partial charge < -0.3 is 14.8 Å². The van der Waals surface area contributed by atoms with E-state index in [1.54, 1.807) is 19.5 Å². The second kappa shape index (κ2) is 8.79. The van der Waals surface area contributed by atoms with Crippen molar-refractivity contribution in [3.05, 3.63) is 17.7 Å². The summed E-state index contributed by atoms with van der Waals surface area (Å²) in [5, 5.41) is 3.39. The molecule has 7 heteroatoms. The molecule has 0 spiro atoms. The van der Waals surface area contributed by atoms with E-state index in [0.29, 0.717) is 32.4 Å². The molecule has 1 rings (SSSR count). The molecule has 0 aliphatic carbocycles. The maximum Gasteiger partial charge on any atom is 0.311 e. The number of hydrogen-bond donors (Lipinski definition) is 1. The third kappa shape index (κ3) is 5.13. The largest absolute Gasteiger partial charge is 0.469 e. The van der Waals surface area contributed by atoms with Gasteiger partial charge in [0, 0.05) is 20.3 Å². The average molecular weight is 316 g/mol. The van der Waals surface area contributed by atoms with Crippen LogP contribution in [0, 0.1) is 5.41 Å². The Bertz CT molecular complexity index is 442. The third-order valence-electron chi connectivity index (χ3n) is 3.63. The van der Waals surface area contributed by atoms with Gasteiger partial charge in [0.2, 0.25) is 5.28 Å². The maximum absolute atomic E-state index is 12.1. The molecule has 0 saturated heterocycles. The van der Waals surface area contributed by atoms with Crippen molar-refractivity contribution in [2.45, 2.75) is 26.2 Å². The fraction of sp³-hybridized carbons (Fsp3) is 0.643. The van der Waals surface area contributed by atoms with Crippen LogP contribution in [0.15, 0.2) is 12.4 Å². The molecule has 0 aromatic carbocycles. The Balaban J connectivity index is 2.63. The lowest BCUT2D eigenvalue weighted by molar-refractivity contribution is -0.154. The lowest BCUT2D eigenvalue weighted by Gasteiger charge is -2.29. The van der Waals surface area contributed by atoms with Gasteiger partial charge in [0.25, 0.3) is 0 Å². The SMILES string of the molecule is CCC(CCNc1cnc(Cl)nc1)(CCOC)C(=O)OC. The van der Waals surface area contributed by atoms with E-state index in [1.165, 1.54) is 7.11 Å². The molecule has 1 heterocycles. The summed E-state index contributed by atoms with van der Waals surface area (Å²) in [6.45, 7) is 3.11. The summed E-state index contributed by atoms with van der Waals surface area (Å²) in [4.78, 5) is 19.9. The standard InChI is InChI=1S/C14H22ClN3O3/c1-4-14(6-8-20-2,12(19)21-3)5-7-16-11-9-17-13(15)18-10-11/h9-10,16H,4-8H2,1-3H3. The number of methoxy groups -OCH3 is 2. The molecule has 21 heavy (non-hydrogen) atoms. The smallest absolute Gasteiger partial charge is 0.311 e. The van der Waals surface area contributed by atoms with Gasteiger partial charge in [-0.15, -0.1) is 0 Å². The minimum Gasteiger partial charge on any atom is -0.469 e. The number of carbonyl (C=O) groups excluding carboxylic acids is 1. The first-order valence-electron chi connectivity index (χ1n) is 6.86. The van der Waals surface area contributed by atoms with E-state index in [1.807, 2.05) is 6.92 Å². The van der Waals surface area contributed by atoms with Gasteiger partial charge in [-0.3, -0.25) is 4.79 Å². The topological polar surface area (TPSA) is 73.3 Å². The number of esters is 1. The number of anilines is 1. The lowest BCUT2D eigenvalue weighted by atomic mass is 9.79. The van der Waals surface area contributed by atoms with Crippen molar-refractivity contribution < 1.29 is 14.3 Å². The van der Waals surface area contributed by atoms with Gasteiger partial charge in [-0.25, -0.2) is 9.97 Å². The van der Waals surface area contributed by atoms with Gasteiger partial charge in [-0.2, -0.15) is 0 Å². The summed E-state index contributed by atoms with van der Waals surface area (Å²) in [5.41, 5.74) is 0.228. The summed E-state index contributed by atoms with van der Waals surface area (Å²) >= 11 is 5.63. The van der Waals surface area contributed by atoms with Crippen molar-refractivity contribution in [2.75, 3.05) is 32.7 Å². The zero-order valence-electron chi connectivity index (χ0n) is 12.7. The summed E-state index contributed by atoms with van der Waals surface area (Å²) in [7, 11) is 3.04. The first-order valence-corrected chi connectivity index (χ1v) is 7.24. The number of nitrogens with one attached hydrogen (secondary N) is 1. The van der Waals surface area contributed by atoms with E-state index in [2.05, 4.69) is 15.3 Å². The fourth-order valence-electron chi connectivity index (χ4n) is 2.19. The van der Waals surface area contributed by atoms with Crippen molar-refractivity contribution >= 4 is 23.3 Å². The highest BCUT2D eigenvalue weighted by Crippen LogP contribution is 2.32. The monoisotopic (exact) mass is 315 g/mol. The predicted octanol–water partition coefficient (Wildman–Crippen LogP) is 2.54. The van der Waals surface area contributed by atoms with Crippen molar-refractivity contribution in [1.29, 1.82) is 0 Å². The predicted molar refractivity (Wildman–Crippen MR) is 81.4 cm³/mol. The van der Waals surface area contributed by atoms with Crippen LogP contribution >= 0.6 is 11.6 Å². The number of halogens is 1. The molecular formula is C14H22ClN3O3. The van der Waals surface area contributed by atoms with Crippen molar-refractivity contribution in [3.8, 4) is 0 Å². The Kier molecular flexibility index (Phi) is 7.39. The Morgan fingerprint density at radius 1 is 1.33 bits per heavy atom. The number of ether oxygens (including phenoxy) is 2. The van der Waals surface area contributed by atoms with Crippen LogP contribution in [0.1, 0.15) is 26.2 Å². The van der Waals surface area contributed by atoms with E-state index < -0.39 is 5.41 Å². The summed E-state index contributed by atoms with van der Waals surface area (Å²) in [6.07, 6.45) is 5.18. The van der Waals surface area contributed by atoms with Crippen LogP contribution in [0.25, 0.3) is 0 Å². The Hall–Kier alpha value is -1.40. The summed E-state index contributed by atoms with van der Waals surface area (Å²) < 4.78 is 10.1. The molecular weight excluding hydrogens is 294 g/mol. The first-order chi connectivity index (χ1) is 10.1. The first kappa shape index (κ1) is 17.7. The van der Waals surface area contributed by atoms with Crippen LogP contribution in [-0.4, -0.2) is 43.3 Å². The molecule has 0 amide bonds. The van der Waals surface area contributed by atoms with Crippen LogP contribution in [-0.2, 0) is 14.3 Å². The molecule has 1 unspecified atom stereocenters. The van der Waals surface area contributed by atoms with Crippen LogP contribution in [0.5, 0.6) is 0 Å². The van der Waals surface area contributed by atoms with Gasteiger partial charge in [0.15, 0.2) is 0 Å². The highest BCUT2D eigenvalue weighted by Gasteiger charge is 2.36. The second-order valence-electron chi connectivity index (χ2n) is 4.79. The number of nitrogens with zero attached hydrogens (tertiary/aromatic N) is 2. The van der Waals surface area contributed by atoms with Crippen molar-refractivity contribution in [2.24, 2.45) is 5.41 Å². The molecule has 0 radical (unpaired) electrons. The quantitative estimate of drug-likeness (QED) is 0.557. The van der Waals surface area contributed by atoms with E-state index in [9.17, 15) is 4.79 Å². The highest BCUT2D eigenvalue weighted by atomic mass is 35.5. The van der Waals surface area contributed by atoms with Crippen LogP contribution in [0.3, 0.4) is 0 Å². The number of carbonyl (C=O) groups is 1. The molecule has 0 fully saturated rings. The summed E-state index contributed by atoms with van der Waals surface area (Å²) in [6, 6.07) is 0. The molecule has 6 nitrogen and oxygen atoms in total. The summed E-state index contributed by atoms with van der Waals surface area (Å²) in [5.74, 6) is -0.198. The minimum absolute atomic E-state index is 0.198. The van der Waals surface area contributed by atoms with Crippen LogP contribution < -0.4 is 5.32 Å². The van der Waals surface area contributed by atoms with Crippen LogP contribution in [0.2, 0.25) is 5.28 Å². The Morgan fingerprint density at radius 2 is 2.00 bits per heavy atom. The minimum atomic E-state index is -0.537. The average Bonchev–Trinajstić information content (AvgIpc) is 2.52. The molecule has 1 aromatic rings. The lowest BCUT2D eigenvalue weighted by Crippen LogP contribution is -2.35.